The number of hydrogen-bond acceptors (Lipinski definition) is 4. The molecule has 1 heterocycles. The smallest absolute Gasteiger partial charge is 0.311 e. The summed E-state index contributed by atoms with van der Waals surface area (Å²) in [6, 6.07) is 7.59. The molecule has 1 N–H and O–H groups in total. The number of aryl methyl sites for hydroxylation is 1. The first kappa shape index (κ1) is 16.7. The lowest BCUT2D eigenvalue weighted by Gasteiger charge is -2.44. The number of cyclic esters (lactones) is 1. The zero-order chi connectivity index (χ0) is 16.4. The lowest BCUT2D eigenvalue weighted by Crippen LogP contribution is -2.56. The Balaban J connectivity index is 1.89. The van der Waals surface area contributed by atoms with E-state index in [0.29, 0.717) is 25.9 Å². The third kappa shape index (κ3) is 3.22. The van der Waals surface area contributed by atoms with E-state index < -0.39 is 27.6 Å². The minimum Gasteiger partial charge on any atom is -0.465 e. The Morgan fingerprint density at radius 3 is 2.61 bits per heavy atom. The zero-order valence-electron chi connectivity index (χ0n) is 13.5. The molecule has 2 fully saturated rings. The van der Waals surface area contributed by atoms with Crippen molar-refractivity contribution in [2.45, 2.75) is 61.2 Å². The predicted octanol–water partition coefficient (Wildman–Crippen LogP) is 2.73. The van der Waals surface area contributed by atoms with Crippen LogP contribution in [0.4, 0.5) is 0 Å². The van der Waals surface area contributed by atoms with E-state index in [4.69, 9.17) is 4.74 Å². The maximum atomic E-state index is 13.1. The van der Waals surface area contributed by atoms with E-state index in [1.165, 1.54) is 0 Å². The molecule has 126 valence electrons. The lowest BCUT2D eigenvalue weighted by molar-refractivity contribution is -0.167. The summed E-state index contributed by atoms with van der Waals surface area (Å²) in [5, 5.41) is 10.9. The summed E-state index contributed by atoms with van der Waals surface area (Å²) in [4.78, 5) is 12.9. The summed E-state index contributed by atoms with van der Waals surface area (Å²) in [6.45, 7) is 2.42. The van der Waals surface area contributed by atoms with Crippen LogP contribution >= 0.6 is 0 Å². The van der Waals surface area contributed by atoms with E-state index in [9.17, 15) is 14.1 Å². The van der Waals surface area contributed by atoms with Crippen molar-refractivity contribution in [3.05, 3.63) is 29.8 Å². The van der Waals surface area contributed by atoms with E-state index in [1.807, 2.05) is 31.2 Å². The van der Waals surface area contributed by atoms with Crippen molar-refractivity contribution in [1.29, 1.82) is 0 Å². The fourth-order valence-electron chi connectivity index (χ4n) is 3.81. The molecule has 0 aromatic heterocycles. The normalized spacial score (nSPS) is 33.0. The molecule has 1 saturated heterocycles. The third-order valence-electron chi connectivity index (χ3n) is 5.13. The average Bonchev–Trinajstić information content (AvgIpc) is 2.55. The first-order chi connectivity index (χ1) is 11.0. The van der Waals surface area contributed by atoms with Gasteiger partial charge in [0.05, 0.1) is 34.2 Å². The highest BCUT2D eigenvalue weighted by Crippen LogP contribution is 2.42. The third-order valence-corrected chi connectivity index (χ3v) is 7.03. The Morgan fingerprint density at radius 1 is 1.17 bits per heavy atom. The number of esters is 1. The quantitative estimate of drug-likeness (QED) is 0.862. The molecule has 3 rings (SSSR count). The molecular weight excluding hydrogens is 312 g/mol. The maximum absolute atomic E-state index is 13.1. The van der Waals surface area contributed by atoms with Crippen LogP contribution in [-0.2, 0) is 20.3 Å². The van der Waals surface area contributed by atoms with Gasteiger partial charge in [0.25, 0.3) is 0 Å². The van der Waals surface area contributed by atoms with E-state index in [1.54, 1.807) is 0 Å². The second kappa shape index (κ2) is 6.73. The number of carbonyl (C=O) groups is 1. The van der Waals surface area contributed by atoms with Gasteiger partial charge in [0.15, 0.2) is 0 Å². The number of rotatable bonds is 3. The predicted molar refractivity (Wildman–Crippen MR) is 88.5 cm³/mol. The second-order valence-corrected chi connectivity index (χ2v) is 8.33. The Labute approximate surface area is 139 Å². The van der Waals surface area contributed by atoms with Crippen molar-refractivity contribution in [2.24, 2.45) is 5.92 Å². The minimum atomic E-state index is -1.32. The van der Waals surface area contributed by atoms with Crippen molar-refractivity contribution in [2.75, 3.05) is 6.61 Å². The van der Waals surface area contributed by atoms with Gasteiger partial charge in [-0.3, -0.25) is 9.00 Å². The molecule has 1 saturated carbocycles. The molecular formula is C18H24O4S. The van der Waals surface area contributed by atoms with Crippen molar-refractivity contribution in [1.82, 2.24) is 0 Å². The van der Waals surface area contributed by atoms with E-state index in [0.717, 1.165) is 29.7 Å². The number of hydrogen-bond donors (Lipinski definition) is 1. The van der Waals surface area contributed by atoms with Crippen LogP contribution in [0.1, 0.15) is 44.1 Å². The molecule has 1 aromatic carbocycles. The van der Waals surface area contributed by atoms with Crippen LogP contribution in [0.2, 0.25) is 0 Å². The van der Waals surface area contributed by atoms with Crippen LogP contribution in [0.3, 0.4) is 0 Å². The van der Waals surface area contributed by atoms with Crippen LogP contribution in [0.5, 0.6) is 0 Å². The van der Waals surface area contributed by atoms with Crippen LogP contribution in [0.25, 0.3) is 0 Å². The Bertz CT molecular complexity index is 598. The summed E-state index contributed by atoms with van der Waals surface area (Å²) >= 11 is 0. The van der Waals surface area contributed by atoms with Gasteiger partial charge in [0.1, 0.15) is 0 Å². The molecule has 0 amide bonds. The summed E-state index contributed by atoms with van der Waals surface area (Å²) in [5.74, 6) is -0.873. The molecule has 4 atom stereocenters. The van der Waals surface area contributed by atoms with Crippen LogP contribution in [-0.4, -0.2) is 32.7 Å². The first-order valence-electron chi connectivity index (χ1n) is 8.38. The highest BCUT2D eigenvalue weighted by molar-refractivity contribution is 7.85. The van der Waals surface area contributed by atoms with Gasteiger partial charge < -0.3 is 9.84 Å². The molecule has 1 aliphatic heterocycles. The van der Waals surface area contributed by atoms with Gasteiger partial charge in [-0.15, -0.1) is 0 Å². The van der Waals surface area contributed by atoms with Gasteiger partial charge in [-0.25, -0.2) is 0 Å². The zero-order valence-corrected chi connectivity index (χ0v) is 14.3. The molecule has 4 nitrogen and oxygen atoms in total. The van der Waals surface area contributed by atoms with Crippen molar-refractivity contribution >= 4 is 16.8 Å². The van der Waals surface area contributed by atoms with Gasteiger partial charge in [0, 0.05) is 4.90 Å². The van der Waals surface area contributed by atoms with E-state index in [2.05, 4.69) is 0 Å². The van der Waals surface area contributed by atoms with Crippen molar-refractivity contribution in [3.63, 3.8) is 0 Å². The Morgan fingerprint density at radius 2 is 1.91 bits per heavy atom. The maximum Gasteiger partial charge on any atom is 0.311 e. The second-order valence-electron chi connectivity index (χ2n) is 6.70. The van der Waals surface area contributed by atoms with Crippen molar-refractivity contribution < 1.29 is 18.8 Å². The molecule has 0 spiro atoms. The fourth-order valence-corrected chi connectivity index (χ4v) is 5.58. The van der Waals surface area contributed by atoms with Crippen LogP contribution in [0.15, 0.2) is 29.2 Å². The fraction of sp³-hybridized carbons (Fsp3) is 0.611. The number of ether oxygens (including phenoxy) is 1. The van der Waals surface area contributed by atoms with E-state index >= 15 is 0 Å². The Hall–Kier alpha value is -1.20. The molecule has 1 aromatic rings. The summed E-state index contributed by atoms with van der Waals surface area (Å²) < 4.78 is 18.2. The summed E-state index contributed by atoms with van der Waals surface area (Å²) in [6.07, 6.45) is 4.39. The molecule has 0 bridgehead atoms. The Kier molecular flexibility index (Phi) is 4.87. The molecule has 2 aliphatic rings. The number of benzene rings is 1. The van der Waals surface area contributed by atoms with Gasteiger partial charge >= 0.3 is 5.97 Å². The molecule has 23 heavy (non-hydrogen) atoms. The molecule has 1 aliphatic carbocycles. The van der Waals surface area contributed by atoms with Crippen LogP contribution in [0, 0.1) is 12.8 Å². The highest BCUT2D eigenvalue weighted by Gasteiger charge is 2.52. The van der Waals surface area contributed by atoms with Crippen molar-refractivity contribution in [3.8, 4) is 0 Å². The standard InChI is InChI=1S/C18H24O4S/c1-13-7-9-14(10-8-13)23(21)16-6-2-3-11-18(16,20)15-5-4-12-22-17(15)19/h7-10,15-16,20H,2-6,11-12H2,1H3/t15-,16-,18-,23-/m0/s1. The highest BCUT2D eigenvalue weighted by atomic mass is 32.2. The lowest BCUT2D eigenvalue weighted by atomic mass is 9.73. The molecule has 5 heteroatoms. The average molecular weight is 336 g/mol. The number of aliphatic hydroxyl groups is 1. The van der Waals surface area contributed by atoms with Crippen LogP contribution < -0.4 is 0 Å². The SMILES string of the molecule is Cc1ccc([S@](=O)[C@H]2CCCC[C@]2(O)[C@H]2CCCOC2=O)cc1. The topological polar surface area (TPSA) is 63.6 Å². The summed E-state index contributed by atoms with van der Waals surface area (Å²) in [5.41, 5.74) is -0.105. The van der Waals surface area contributed by atoms with Gasteiger partial charge in [-0.1, -0.05) is 30.5 Å². The largest absolute Gasteiger partial charge is 0.465 e. The van der Waals surface area contributed by atoms with E-state index in [-0.39, 0.29) is 5.97 Å². The molecule has 0 radical (unpaired) electrons. The van der Waals surface area contributed by atoms with Gasteiger partial charge in [0.2, 0.25) is 0 Å². The van der Waals surface area contributed by atoms with Gasteiger partial charge in [-0.05, 0) is 44.7 Å². The number of carbonyl (C=O) groups excluding carboxylic acids is 1. The summed E-state index contributed by atoms with van der Waals surface area (Å²) in [7, 11) is -1.32. The monoisotopic (exact) mass is 336 g/mol. The minimum absolute atomic E-state index is 0.327. The first-order valence-corrected chi connectivity index (χ1v) is 9.60. The molecule has 0 unspecified atom stereocenters. The van der Waals surface area contributed by atoms with Gasteiger partial charge in [-0.2, -0.15) is 0 Å².